The summed E-state index contributed by atoms with van der Waals surface area (Å²) < 4.78 is 4.18. The third kappa shape index (κ3) is 5.46. The van der Waals surface area contributed by atoms with E-state index < -0.39 is 0 Å². The molecular weight excluding hydrogens is 565 g/mol. The van der Waals surface area contributed by atoms with E-state index in [0.717, 1.165) is 47.9 Å². The van der Waals surface area contributed by atoms with Crippen LogP contribution in [0.25, 0.3) is 37.7 Å². The smallest absolute Gasteiger partial charge is 0.234 e. The number of thioether (sulfide) groups is 2. The number of benzene rings is 5. The highest BCUT2D eigenvalue weighted by Crippen LogP contribution is 2.34. The van der Waals surface area contributed by atoms with Crippen molar-refractivity contribution in [2.75, 3.05) is 11.1 Å². The highest BCUT2D eigenvalue weighted by molar-refractivity contribution is 8.00. The van der Waals surface area contributed by atoms with Crippen molar-refractivity contribution in [2.45, 2.75) is 15.2 Å². The van der Waals surface area contributed by atoms with E-state index in [1.165, 1.54) is 28.1 Å². The third-order valence-corrected chi connectivity index (χ3v) is 9.91. The van der Waals surface area contributed by atoms with Gasteiger partial charge in [-0.2, -0.15) is 0 Å². The maximum Gasteiger partial charge on any atom is 0.234 e. The van der Waals surface area contributed by atoms with E-state index in [0.29, 0.717) is 0 Å². The molecule has 0 spiro atoms. The molecule has 0 aliphatic carbocycles. The molecule has 0 saturated carbocycles. The second kappa shape index (κ2) is 11.4. The van der Waals surface area contributed by atoms with Crippen molar-refractivity contribution >= 4 is 78.5 Å². The summed E-state index contributed by atoms with van der Waals surface area (Å²) >= 11 is 4.84. The number of imidazole rings is 1. The Hall–Kier alpha value is -4.11. The second-order valence-electron chi connectivity index (χ2n) is 9.48. The number of nitrogens with one attached hydrogen (secondary N) is 1. The highest BCUT2D eigenvalue weighted by atomic mass is 32.2. The zero-order valence-corrected chi connectivity index (χ0v) is 24.3. The molecule has 5 nitrogen and oxygen atoms in total. The fourth-order valence-corrected chi connectivity index (χ4v) is 7.80. The van der Waals surface area contributed by atoms with Crippen molar-refractivity contribution < 1.29 is 4.79 Å². The molecule has 7 rings (SSSR count). The van der Waals surface area contributed by atoms with E-state index in [4.69, 9.17) is 9.97 Å². The average Bonchev–Trinajstić information content (AvgIpc) is 3.60. The predicted octanol–water partition coefficient (Wildman–Crippen LogP) is 8.81. The van der Waals surface area contributed by atoms with Gasteiger partial charge in [-0.15, -0.1) is 11.3 Å². The highest BCUT2D eigenvalue weighted by Gasteiger charge is 2.15. The van der Waals surface area contributed by atoms with E-state index >= 15 is 0 Å². The molecule has 200 valence electrons. The lowest BCUT2D eigenvalue weighted by molar-refractivity contribution is -0.113. The zero-order valence-electron chi connectivity index (χ0n) is 21.9. The fourth-order valence-electron chi connectivity index (χ4n) is 4.86. The van der Waals surface area contributed by atoms with Gasteiger partial charge in [0, 0.05) is 17.1 Å². The molecule has 0 bridgehead atoms. The largest absolute Gasteiger partial charge is 0.325 e. The Morgan fingerprint density at radius 3 is 2.51 bits per heavy atom. The number of fused-ring (bicyclic) bond motifs is 3. The van der Waals surface area contributed by atoms with E-state index in [9.17, 15) is 4.79 Å². The number of amides is 1. The van der Waals surface area contributed by atoms with Gasteiger partial charge in [0.15, 0.2) is 9.50 Å². The van der Waals surface area contributed by atoms with Crippen LogP contribution in [0.5, 0.6) is 0 Å². The Bertz CT molecular complexity index is 2010. The molecule has 0 radical (unpaired) electrons. The van der Waals surface area contributed by atoms with Gasteiger partial charge in [-0.05, 0) is 58.8 Å². The Morgan fingerprint density at radius 2 is 1.59 bits per heavy atom. The molecule has 41 heavy (non-hydrogen) atoms. The van der Waals surface area contributed by atoms with Gasteiger partial charge in [0.1, 0.15) is 0 Å². The summed E-state index contributed by atoms with van der Waals surface area (Å²) in [6.07, 6.45) is 0. The molecule has 1 N–H and O–H groups in total. The number of hydrogen-bond acceptors (Lipinski definition) is 6. The first kappa shape index (κ1) is 25.8. The maximum atomic E-state index is 13.0. The Balaban J connectivity index is 1.04. The summed E-state index contributed by atoms with van der Waals surface area (Å²) in [5.41, 5.74) is 5.97. The number of rotatable bonds is 8. The molecule has 0 saturated heterocycles. The number of carbonyl (C=O) groups excluding carboxylic acids is 1. The van der Waals surface area contributed by atoms with Crippen LogP contribution in [0.1, 0.15) is 5.56 Å². The van der Waals surface area contributed by atoms with Crippen LogP contribution in [-0.2, 0) is 10.5 Å². The predicted molar refractivity (Wildman–Crippen MR) is 174 cm³/mol. The Kier molecular flexibility index (Phi) is 7.19. The van der Waals surface area contributed by atoms with Gasteiger partial charge < -0.3 is 5.32 Å². The number of carbonyl (C=O) groups is 1. The number of aromatic nitrogens is 3. The van der Waals surface area contributed by atoms with Crippen LogP contribution in [0, 0.1) is 0 Å². The van der Waals surface area contributed by atoms with E-state index in [1.54, 1.807) is 23.1 Å². The van der Waals surface area contributed by atoms with Gasteiger partial charge in [0.05, 0.1) is 27.0 Å². The SMILES string of the molecule is O=C(CSc1nc2ccccc2n1-c1ccccc1)Nc1ccc2nc(SCc3cccc4ccccc34)sc2c1. The summed E-state index contributed by atoms with van der Waals surface area (Å²) in [5, 5.41) is 6.39. The molecule has 8 heteroatoms. The summed E-state index contributed by atoms with van der Waals surface area (Å²) in [5.74, 6) is 1.04. The zero-order chi connectivity index (χ0) is 27.6. The van der Waals surface area contributed by atoms with Crippen LogP contribution in [0.3, 0.4) is 0 Å². The Morgan fingerprint density at radius 1 is 0.780 bits per heavy atom. The Labute approximate surface area is 249 Å². The molecule has 5 aromatic carbocycles. The third-order valence-electron chi connectivity index (χ3n) is 6.76. The van der Waals surface area contributed by atoms with Crippen LogP contribution < -0.4 is 5.32 Å². The first-order valence-electron chi connectivity index (χ1n) is 13.2. The molecule has 0 aliphatic heterocycles. The van der Waals surface area contributed by atoms with Crippen LogP contribution in [0.4, 0.5) is 5.69 Å². The number of para-hydroxylation sites is 3. The standard InChI is InChI=1S/C33H24N4OS3/c38-31(21-39-32-35-27-15-6-7-16-29(27)37(32)25-12-2-1-3-13-25)34-24-17-18-28-30(19-24)41-33(36-28)40-20-23-11-8-10-22-9-4-5-14-26(22)23/h1-19H,20-21H2,(H,34,38). The lowest BCUT2D eigenvalue weighted by Crippen LogP contribution is -2.14. The summed E-state index contributed by atoms with van der Waals surface area (Å²) in [7, 11) is 0. The van der Waals surface area contributed by atoms with Gasteiger partial charge in [-0.3, -0.25) is 9.36 Å². The second-order valence-corrected chi connectivity index (χ2v) is 12.7. The molecule has 0 aliphatic rings. The normalized spacial score (nSPS) is 11.4. The quantitative estimate of drug-likeness (QED) is 0.180. The van der Waals surface area contributed by atoms with Crippen LogP contribution in [-0.4, -0.2) is 26.2 Å². The first-order chi connectivity index (χ1) is 20.2. The van der Waals surface area contributed by atoms with Crippen molar-refractivity contribution in [1.29, 1.82) is 0 Å². The number of anilines is 1. The van der Waals surface area contributed by atoms with E-state index in [1.807, 2.05) is 54.6 Å². The molecule has 0 fully saturated rings. The lowest BCUT2D eigenvalue weighted by Gasteiger charge is -2.09. The van der Waals surface area contributed by atoms with Crippen LogP contribution in [0.2, 0.25) is 0 Å². The number of nitrogens with zero attached hydrogens (tertiary/aromatic N) is 3. The summed E-state index contributed by atoms with van der Waals surface area (Å²) in [6.45, 7) is 0. The molecular formula is C33H24N4OS3. The average molecular weight is 589 g/mol. The molecule has 7 aromatic rings. The number of thiazole rings is 1. The van der Waals surface area contributed by atoms with Crippen molar-refractivity contribution in [3.63, 3.8) is 0 Å². The molecule has 2 heterocycles. The summed E-state index contributed by atoms with van der Waals surface area (Å²) in [6, 6.07) is 39.0. The molecule has 1 amide bonds. The maximum absolute atomic E-state index is 13.0. The number of hydrogen-bond donors (Lipinski definition) is 1. The van der Waals surface area contributed by atoms with Crippen molar-refractivity contribution in [2.24, 2.45) is 0 Å². The first-order valence-corrected chi connectivity index (χ1v) is 16.0. The topological polar surface area (TPSA) is 59.8 Å². The fraction of sp³-hybridized carbons (Fsp3) is 0.0606. The monoisotopic (exact) mass is 588 g/mol. The van der Waals surface area contributed by atoms with Gasteiger partial charge in [-0.1, -0.05) is 96.3 Å². The van der Waals surface area contributed by atoms with Gasteiger partial charge in [0.25, 0.3) is 0 Å². The van der Waals surface area contributed by atoms with Gasteiger partial charge >= 0.3 is 0 Å². The van der Waals surface area contributed by atoms with Crippen molar-refractivity contribution in [1.82, 2.24) is 14.5 Å². The summed E-state index contributed by atoms with van der Waals surface area (Å²) in [4.78, 5) is 22.6. The minimum atomic E-state index is -0.0731. The van der Waals surface area contributed by atoms with Crippen LogP contribution >= 0.6 is 34.9 Å². The molecule has 0 atom stereocenters. The minimum Gasteiger partial charge on any atom is -0.325 e. The van der Waals surface area contributed by atoms with Crippen molar-refractivity contribution in [3.8, 4) is 5.69 Å². The molecule has 0 unspecified atom stereocenters. The van der Waals surface area contributed by atoms with Gasteiger partial charge in [0.2, 0.25) is 5.91 Å². The lowest BCUT2D eigenvalue weighted by atomic mass is 10.1. The van der Waals surface area contributed by atoms with Crippen LogP contribution in [0.15, 0.2) is 125 Å². The van der Waals surface area contributed by atoms with E-state index in [2.05, 4.69) is 70.5 Å². The molecule has 2 aromatic heterocycles. The minimum absolute atomic E-state index is 0.0731. The van der Waals surface area contributed by atoms with E-state index in [-0.39, 0.29) is 11.7 Å². The van der Waals surface area contributed by atoms with Gasteiger partial charge in [-0.25, -0.2) is 9.97 Å². The van der Waals surface area contributed by atoms with Crippen molar-refractivity contribution in [3.05, 3.63) is 121 Å².